The van der Waals surface area contributed by atoms with Crippen LogP contribution in [0.25, 0.3) is 0 Å². The van der Waals surface area contributed by atoms with Crippen molar-refractivity contribution in [2.75, 3.05) is 13.7 Å². The van der Waals surface area contributed by atoms with Crippen molar-refractivity contribution in [2.45, 2.75) is 52.7 Å². The van der Waals surface area contributed by atoms with E-state index in [-0.39, 0.29) is 13.0 Å². The topological polar surface area (TPSA) is 84.9 Å². The van der Waals surface area contributed by atoms with E-state index in [2.05, 4.69) is 5.32 Å². The van der Waals surface area contributed by atoms with Crippen LogP contribution in [0, 0.1) is 5.41 Å². The monoisotopic (exact) mass is 275 g/mol. The van der Waals surface area contributed by atoms with E-state index in [0.717, 1.165) is 0 Å². The predicted octanol–water partition coefficient (Wildman–Crippen LogP) is 2.03. The Kier molecular flexibility index (Phi) is 6.29. The van der Waals surface area contributed by atoms with Gasteiger partial charge < -0.3 is 19.9 Å². The van der Waals surface area contributed by atoms with Crippen molar-refractivity contribution in [1.29, 1.82) is 0 Å². The van der Waals surface area contributed by atoms with Gasteiger partial charge in [-0.15, -0.1) is 0 Å². The highest BCUT2D eigenvalue weighted by Crippen LogP contribution is 2.23. The summed E-state index contributed by atoms with van der Waals surface area (Å²) in [6.45, 7) is 8.73. The molecule has 0 aromatic rings. The number of hydrogen-bond donors (Lipinski definition) is 2. The Morgan fingerprint density at radius 2 is 1.74 bits per heavy atom. The molecular weight excluding hydrogens is 250 g/mol. The molecule has 6 nitrogen and oxygen atoms in total. The van der Waals surface area contributed by atoms with Crippen LogP contribution < -0.4 is 5.32 Å². The normalized spacial score (nSPS) is 13.8. The molecule has 0 aliphatic heterocycles. The molecule has 1 amide bonds. The van der Waals surface area contributed by atoms with Crippen LogP contribution in [-0.4, -0.2) is 42.5 Å². The number of rotatable bonds is 6. The summed E-state index contributed by atoms with van der Waals surface area (Å²) in [6.07, 6.45) is -0.314. The number of carboxylic acids is 1. The number of carbonyl (C=O) groups is 2. The molecule has 1 atom stereocenters. The molecular formula is C13H25NO5. The minimum Gasteiger partial charge on any atom is -0.481 e. The van der Waals surface area contributed by atoms with Crippen LogP contribution in [0.15, 0.2) is 0 Å². The van der Waals surface area contributed by atoms with Crippen LogP contribution in [0.4, 0.5) is 4.79 Å². The smallest absolute Gasteiger partial charge is 0.407 e. The Hall–Kier alpha value is -1.30. The molecule has 0 radical (unpaired) electrons. The standard InChI is InChI=1S/C13H25NO5/c1-12(2,3)19-11(17)14-9(8-18-6)7-13(4,5)10(15)16/h9H,7-8H2,1-6H3,(H,14,17)(H,15,16)/t9-/m0/s1. The van der Waals surface area contributed by atoms with E-state index in [1.54, 1.807) is 34.6 Å². The Morgan fingerprint density at radius 3 is 2.11 bits per heavy atom. The molecule has 0 unspecified atom stereocenters. The number of carboxylic acid groups (broad SMARTS) is 1. The highest BCUT2D eigenvalue weighted by Gasteiger charge is 2.32. The first-order valence-electron chi connectivity index (χ1n) is 6.20. The van der Waals surface area contributed by atoms with Gasteiger partial charge in [-0.1, -0.05) is 0 Å². The largest absolute Gasteiger partial charge is 0.481 e. The molecule has 0 heterocycles. The fourth-order valence-corrected chi connectivity index (χ4v) is 1.53. The van der Waals surface area contributed by atoms with E-state index in [0.29, 0.717) is 0 Å². The molecule has 0 aliphatic rings. The third-order valence-electron chi connectivity index (χ3n) is 2.42. The third-order valence-corrected chi connectivity index (χ3v) is 2.42. The van der Waals surface area contributed by atoms with Crippen molar-refractivity contribution in [3.63, 3.8) is 0 Å². The van der Waals surface area contributed by atoms with Crippen LogP contribution >= 0.6 is 0 Å². The van der Waals surface area contributed by atoms with Gasteiger partial charge in [-0.25, -0.2) is 4.79 Å². The Morgan fingerprint density at radius 1 is 1.21 bits per heavy atom. The second-order valence-corrected chi connectivity index (χ2v) is 6.19. The van der Waals surface area contributed by atoms with Gasteiger partial charge in [0.15, 0.2) is 0 Å². The van der Waals surface area contributed by atoms with Crippen molar-refractivity contribution in [3.05, 3.63) is 0 Å². The molecule has 0 saturated heterocycles. The molecule has 0 aliphatic carbocycles. The maximum absolute atomic E-state index is 11.7. The molecule has 0 fully saturated rings. The SMILES string of the molecule is COC[C@H](CC(C)(C)C(=O)O)NC(=O)OC(C)(C)C. The lowest BCUT2D eigenvalue weighted by Gasteiger charge is -2.27. The minimum atomic E-state index is -0.946. The highest BCUT2D eigenvalue weighted by molar-refractivity contribution is 5.74. The van der Waals surface area contributed by atoms with Crippen molar-refractivity contribution >= 4 is 12.1 Å². The number of nitrogens with one attached hydrogen (secondary N) is 1. The number of carbonyl (C=O) groups excluding carboxylic acids is 1. The van der Waals surface area contributed by atoms with Gasteiger partial charge in [-0.2, -0.15) is 0 Å². The third kappa shape index (κ3) is 7.66. The van der Waals surface area contributed by atoms with Crippen molar-refractivity contribution in [2.24, 2.45) is 5.41 Å². The van der Waals surface area contributed by atoms with Crippen LogP contribution in [-0.2, 0) is 14.3 Å². The lowest BCUT2D eigenvalue weighted by Crippen LogP contribution is -2.44. The summed E-state index contributed by atoms with van der Waals surface area (Å²) in [5.74, 6) is -0.917. The Labute approximate surface area is 114 Å². The highest BCUT2D eigenvalue weighted by atomic mass is 16.6. The molecule has 0 bridgehead atoms. The number of hydrogen-bond acceptors (Lipinski definition) is 4. The molecule has 6 heteroatoms. The lowest BCUT2D eigenvalue weighted by molar-refractivity contribution is -0.147. The van der Waals surface area contributed by atoms with Gasteiger partial charge in [0.05, 0.1) is 18.1 Å². The summed E-state index contributed by atoms with van der Waals surface area (Å²) in [5.41, 5.74) is -1.54. The van der Waals surface area contributed by atoms with E-state index in [4.69, 9.17) is 14.6 Å². The van der Waals surface area contributed by atoms with Crippen LogP contribution in [0.2, 0.25) is 0 Å². The summed E-state index contributed by atoms with van der Waals surface area (Å²) >= 11 is 0. The van der Waals surface area contributed by atoms with E-state index >= 15 is 0 Å². The average Bonchev–Trinajstić information content (AvgIpc) is 2.13. The molecule has 2 N–H and O–H groups in total. The first-order valence-corrected chi connectivity index (χ1v) is 6.20. The van der Waals surface area contributed by atoms with E-state index < -0.39 is 29.1 Å². The van der Waals surface area contributed by atoms with Gasteiger partial charge in [-0.05, 0) is 41.0 Å². The molecule has 0 aromatic carbocycles. The van der Waals surface area contributed by atoms with E-state index in [1.165, 1.54) is 7.11 Å². The predicted molar refractivity (Wildman–Crippen MR) is 71.1 cm³/mol. The number of aliphatic carboxylic acids is 1. The minimum absolute atomic E-state index is 0.232. The fraction of sp³-hybridized carbons (Fsp3) is 0.846. The van der Waals surface area contributed by atoms with Crippen LogP contribution in [0.1, 0.15) is 41.0 Å². The second kappa shape index (κ2) is 6.75. The number of alkyl carbamates (subject to hydrolysis) is 1. The van der Waals surface area contributed by atoms with Crippen molar-refractivity contribution < 1.29 is 24.2 Å². The number of ether oxygens (including phenoxy) is 2. The lowest BCUT2D eigenvalue weighted by atomic mass is 9.86. The molecule has 19 heavy (non-hydrogen) atoms. The summed E-state index contributed by atoms with van der Waals surface area (Å²) in [5, 5.41) is 11.7. The average molecular weight is 275 g/mol. The molecule has 0 saturated carbocycles. The maximum Gasteiger partial charge on any atom is 0.407 e. The zero-order valence-electron chi connectivity index (χ0n) is 12.6. The summed E-state index contributed by atoms with van der Waals surface area (Å²) < 4.78 is 10.1. The van der Waals surface area contributed by atoms with Gasteiger partial charge in [0.2, 0.25) is 0 Å². The summed E-state index contributed by atoms with van der Waals surface area (Å²) in [6, 6.07) is -0.411. The quantitative estimate of drug-likeness (QED) is 0.774. The maximum atomic E-state index is 11.7. The summed E-state index contributed by atoms with van der Waals surface area (Å²) in [7, 11) is 1.50. The van der Waals surface area contributed by atoms with E-state index in [1.807, 2.05) is 0 Å². The van der Waals surface area contributed by atoms with Crippen LogP contribution in [0.5, 0.6) is 0 Å². The van der Waals surface area contributed by atoms with Crippen molar-refractivity contribution in [1.82, 2.24) is 5.32 Å². The second-order valence-electron chi connectivity index (χ2n) is 6.19. The molecule has 0 rings (SSSR count). The fourth-order valence-electron chi connectivity index (χ4n) is 1.53. The zero-order valence-corrected chi connectivity index (χ0v) is 12.6. The van der Waals surface area contributed by atoms with Gasteiger partial charge in [0, 0.05) is 7.11 Å². The van der Waals surface area contributed by atoms with Gasteiger partial charge in [-0.3, -0.25) is 4.79 Å². The zero-order chi connectivity index (χ0) is 15.3. The summed E-state index contributed by atoms with van der Waals surface area (Å²) in [4.78, 5) is 22.8. The number of amides is 1. The van der Waals surface area contributed by atoms with Crippen LogP contribution in [0.3, 0.4) is 0 Å². The molecule has 0 spiro atoms. The van der Waals surface area contributed by atoms with Gasteiger partial charge in [0.25, 0.3) is 0 Å². The van der Waals surface area contributed by atoms with Gasteiger partial charge in [0.1, 0.15) is 5.60 Å². The first-order chi connectivity index (χ1) is 8.48. The Balaban J connectivity index is 4.58. The first kappa shape index (κ1) is 17.7. The number of methoxy groups -OCH3 is 1. The molecule has 0 aromatic heterocycles. The van der Waals surface area contributed by atoms with Gasteiger partial charge >= 0.3 is 12.1 Å². The van der Waals surface area contributed by atoms with E-state index in [9.17, 15) is 9.59 Å². The van der Waals surface area contributed by atoms with Crippen molar-refractivity contribution in [3.8, 4) is 0 Å². The Bertz CT molecular complexity index is 319. The molecule has 112 valence electrons.